The number of carbonyl (C=O) groups excluding carboxylic acids is 2. The molecule has 7 heteroatoms. The lowest BCUT2D eigenvalue weighted by Gasteiger charge is -2.39. The van der Waals surface area contributed by atoms with E-state index in [-0.39, 0.29) is 17.9 Å². The molecule has 0 bridgehead atoms. The molecule has 2 aromatic rings. The van der Waals surface area contributed by atoms with Crippen molar-refractivity contribution in [1.29, 1.82) is 0 Å². The molecular formula is C22H29N5O2. The van der Waals surface area contributed by atoms with Gasteiger partial charge in [-0.25, -0.2) is 0 Å². The summed E-state index contributed by atoms with van der Waals surface area (Å²) in [7, 11) is 2.02. The summed E-state index contributed by atoms with van der Waals surface area (Å²) < 4.78 is 0. The Morgan fingerprint density at radius 3 is 2.31 bits per heavy atom. The molecule has 1 unspecified atom stereocenters. The number of nitrogens with zero attached hydrogens (tertiary/aromatic N) is 4. The van der Waals surface area contributed by atoms with Crippen LogP contribution >= 0.6 is 0 Å². The van der Waals surface area contributed by atoms with Gasteiger partial charge in [0.1, 0.15) is 11.4 Å². The second-order valence-corrected chi connectivity index (χ2v) is 7.32. The fourth-order valence-corrected chi connectivity index (χ4v) is 3.64. The molecule has 2 amide bonds. The van der Waals surface area contributed by atoms with E-state index in [1.165, 1.54) is 0 Å². The SMILES string of the molecule is CCc1cccnc1C(=O)NCC1CN(C(=O)c2ncccc2CC)CCN1C. The highest BCUT2D eigenvalue weighted by Crippen LogP contribution is 2.14. The number of piperazine rings is 1. The third-order valence-electron chi connectivity index (χ3n) is 5.52. The zero-order valence-electron chi connectivity index (χ0n) is 17.4. The quantitative estimate of drug-likeness (QED) is 0.807. The predicted octanol–water partition coefficient (Wildman–Crippen LogP) is 1.79. The maximum absolute atomic E-state index is 13.0. The Labute approximate surface area is 172 Å². The van der Waals surface area contributed by atoms with Crippen LogP contribution in [0.5, 0.6) is 0 Å². The molecule has 0 aliphatic carbocycles. The maximum atomic E-state index is 13.0. The molecular weight excluding hydrogens is 366 g/mol. The largest absolute Gasteiger partial charge is 0.349 e. The molecule has 3 heterocycles. The van der Waals surface area contributed by atoms with E-state index in [0.29, 0.717) is 31.0 Å². The summed E-state index contributed by atoms with van der Waals surface area (Å²) in [5.74, 6) is -0.206. The maximum Gasteiger partial charge on any atom is 0.272 e. The number of aromatic nitrogens is 2. The summed E-state index contributed by atoms with van der Waals surface area (Å²) in [6.07, 6.45) is 4.83. The lowest BCUT2D eigenvalue weighted by molar-refractivity contribution is 0.0537. The lowest BCUT2D eigenvalue weighted by Crippen LogP contribution is -2.57. The van der Waals surface area contributed by atoms with Gasteiger partial charge in [0, 0.05) is 44.6 Å². The van der Waals surface area contributed by atoms with Gasteiger partial charge in [0.2, 0.25) is 0 Å². The first-order valence-electron chi connectivity index (χ1n) is 10.2. The van der Waals surface area contributed by atoms with Gasteiger partial charge in [-0.1, -0.05) is 26.0 Å². The molecule has 1 aliphatic rings. The van der Waals surface area contributed by atoms with Gasteiger partial charge in [-0.15, -0.1) is 0 Å². The van der Waals surface area contributed by atoms with E-state index in [2.05, 4.69) is 20.2 Å². The van der Waals surface area contributed by atoms with Gasteiger partial charge in [0.15, 0.2) is 0 Å². The third kappa shape index (κ3) is 4.79. The molecule has 0 aromatic carbocycles. The number of hydrogen-bond acceptors (Lipinski definition) is 5. The van der Waals surface area contributed by atoms with E-state index in [4.69, 9.17) is 0 Å². The standard InChI is InChI=1S/C22H29N5O2/c1-4-16-8-6-10-23-19(16)21(28)25-14-18-15-27(13-12-26(18)3)22(29)20-17(5-2)9-7-11-24-20/h6-11,18H,4-5,12-15H2,1-3H3,(H,25,28). The first-order valence-corrected chi connectivity index (χ1v) is 10.2. The van der Waals surface area contributed by atoms with Crippen molar-refractivity contribution >= 4 is 11.8 Å². The van der Waals surface area contributed by atoms with E-state index in [9.17, 15) is 9.59 Å². The number of hydrogen-bond donors (Lipinski definition) is 1. The second-order valence-electron chi connectivity index (χ2n) is 7.32. The van der Waals surface area contributed by atoms with Crippen molar-refractivity contribution in [3.63, 3.8) is 0 Å². The molecule has 0 saturated carbocycles. The van der Waals surface area contributed by atoms with Crippen LogP contribution in [0.3, 0.4) is 0 Å². The number of carbonyl (C=O) groups is 2. The number of nitrogens with one attached hydrogen (secondary N) is 1. The molecule has 154 valence electrons. The van der Waals surface area contributed by atoms with Gasteiger partial charge in [0.05, 0.1) is 0 Å². The molecule has 1 N–H and O–H groups in total. The van der Waals surface area contributed by atoms with Crippen LogP contribution in [0.4, 0.5) is 0 Å². The van der Waals surface area contributed by atoms with Gasteiger partial charge in [-0.2, -0.15) is 0 Å². The van der Waals surface area contributed by atoms with Crippen molar-refractivity contribution in [2.75, 3.05) is 33.2 Å². The highest BCUT2D eigenvalue weighted by molar-refractivity contribution is 5.94. The fourth-order valence-electron chi connectivity index (χ4n) is 3.64. The fraction of sp³-hybridized carbons (Fsp3) is 0.455. The molecule has 1 aliphatic heterocycles. The van der Waals surface area contributed by atoms with E-state index in [1.54, 1.807) is 12.4 Å². The summed E-state index contributed by atoms with van der Waals surface area (Å²) in [5, 5.41) is 3.00. The van der Waals surface area contributed by atoms with Gasteiger partial charge in [-0.05, 0) is 43.1 Å². The Kier molecular flexibility index (Phi) is 6.93. The van der Waals surface area contributed by atoms with Crippen LogP contribution in [-0.2, 0) is 12.8 Å². The van der Waals surface area contributed by atoms with Crippen LogP contribution in [0.1, 0.15) is 46.0 Å². The van der Waals surface area contributed by atoms with Gasteiger partial charge < -0.3 is 10.2 Å². The summed E-state index contributed by atoms with van der Waals surface area (Å²) >= 11 is 0. The minimum absolute atomic E-state index is 0.0372. The lowest BCUT2D eigenvalue weighted by atomic mass is 10.1. The average Bonchev–Trinajstić information content (AvgIpc) is 2.77. The molecule has 1 saturated heterocycles. The normalized spacial score (nSPS) is 17.2. The monoisotopic (exact) mass is 395 g/mol. The van der Waals surface area contributed by atoms with Crippen molar-refractivity contribution < 1.29 is 9.59 Å². The topological polar surface area (TPSA) is 78.4 Å². The first kappa shape index (κ1) is 20.9. The second kappa shape index (κ2) is 9.60. The van der Waals surface area contributed by atoms with Crippen LogP contribution in [0.25, 0.3) is 0 Å². The zero-order valence-corrected chi connectivity index (χ0v) is 17.4. The van der Waals surface area contributed by atoms with E-state index in [1.807, 2.05) is 50.1 Å². The van der Waals surface area contributed by atoms with Gasteiger partial charge in [-0.3, -0.25) is 24.5 Å². The smallest absolute Gasteiger partial charge is 0.272 e. The molecule has 3 rings (SSSR count). The van der Waals surface area contributed by atoms with Crippen LogP contribution < -0.4 is 5.32 Å². The average molecular weight is 396 g/mol. The van der Waals surface area contributed by atoms with Crippen LogP contribution in [-0.4, -0.2) is 70.9 Å². The Morgan fingerprint density at radius 1 is 1.03 bits per heavy atom. The first-order chi connectivity index (χ1) is 14.0. The number of likely N-dealkylation sites (N-methyl/N-ethyl adjacent to an activating group) is 1. The van der Waals surface area contributed by atoms with Crippen LogP contribution in [0, 0.1) is 0 Å². The Morgan fingerprint density at radius 2 is 1.66 bits per heavy atom. The van der Waals surface area contributed by atoms with Gasteiger partial charge >= 0.3 is 0 Å². The van der Waals surface area contributed by atoms with Crippen LogP contribution in [0.15, 0.2) is 36.7 Å². The molecule has 2 aromatic heterocycles. The highest BCUT2D eigenvalue weighted by atomic mass is 16.2. The van der Waals surface area contributed by atoms with Crippen LogP contribution in [0.2, 0.25) is 0 Å². The number of aryl methyl sites for hydroxylation is 2. The third-order valence-corrected chi connectivity index (χ3v) is 5.52. The summed E-state index contributed by atoms with van der Waals surface area (Å²) in [5.41, 5.74) is 2.90. The molecule has 7 nitrogen and oxygen atoms in total. The number of amides is 2. The van der Waals surface area contributed by atoms with E-state index >= 15 is 0 Å². The molecule has 29 heavy (non-hydrogen) atoms. The molecule has 0 radical (unpaired) electrons. The Balaban J connectivity index is 1.65. The molecule has 1 fully saturated rings. The van der Waals surface area contributed by atoms with Crippen molar-refractivity contribution in [3.05, 3.63) is 59.2 Å². The summed E-state index contributed by atoms with van der Waals surface area (Å²) in [6.45, 7) is 6.46. The number of pyridine rings is 2. The summed E-state index contributed by atoms with van der Waals surface area (Å²) in [6, 6.07) is 7.62. The Hall–Kier alpha value is -2.80. The minimum Gasteiger partial charge on any atom is -0.349 e. The summed E-state index contributed by atoms with van der Waals surface area (Å²) in [4.78, 5) is 38.2. The molecule has 0 spiro atoms. The van der Waals surface area contributed by atoms with Crippen molar-refractivity contribution in [2.45, 2.75) is 32.7 Å². The van der Waals surface area contributed by atoms with Crippen molar-refractivity contribution in [2.24, 2.45) is 0 Å². The van der Waals surface area contributed by atoms with E-state index < -0.39 is 0 Å². The van der Waals surface area contributed by atoms with E-state index in [0.717, 1.165) is 30.5 Å². The minimum atomic E-state index is -0.169. The van der Waals surface area contributed by atoms with Gasteiger partial charge in [0.25, 0.3) is 11.8 Å². The zero-order chi connectivity index (χ0) is 20.8. The Bertz CT molecular complexity index is 870. The number of rotatable bonds is 6. The van der Waals surface area contributed by atoms with Crippen molar-refractivity contribution in [1.82, 2.24) is 25.1 Å². The molecule has 1 atom stereocenters. The predicted molar refractivity (Wildman–Crippen MR) is 112 cm³/mol. The van der Waals surface area contributed by atoms with Crippen molar-refractivity contribution in [3.8, 4) is 0 Å². The highest BCUT2D eigenvalue weighted by Gasteiger charge is 2.29.